The fourth-order valence-electron chi connectivity index (χ4n) is 1.48. The third kappa shape index (κ3) is 5.05. The largest absolute Gasteiger partial charge is 0.406 e. The number of anilines is 2. The van der Waals surface area contributed by atoms with Crippen molar-refractivity contribution in [2.75, 3.05) is 5.32 Å². The molecular formula is C13H15Br3N4O. The summed E-state index contributed by atoms with van der Waals surface area (Å²) in [7, 11) is 0. The molecule has 0 aliphatic rings. The van der Waals surface area contributed by atoms with E-state index in [0.29, 0.717) is 18.5 Å². The second-order valence-corrected chi connectivity index (χ2v) is 8.10. The first-order valence-electron chi connectivity index (χ1n) is 6.23. The second kappa shape index (κ2) is 6.76. The van der Waals surface area contributed by atoms with Gasteiger partial charge in [0.25, 0.3) is 0 Å². The molecule has 0 amide bonds. The molecule has 0 aliphatic heterocycles. The molecule has 0 spiro atoms. The van der Waals surface area contributed by atoms with Crippen molar-refractivity contribution in [2.24, 2.45) is 0 Å². The van der Waals surface area contributed by atoms with Crippen LogP contribution in [-0.4, -0.2) is 15.7 Å². The zero-order valence-corrected chi connectivity index (χ0v) is 16.6. The third-order valence-corrected chi connectivity index (χ3v) is 4.18. The average Bonchev–Trinajstić information content (AvgIpc) is 2.78. The molecular weight excluding hydrogens is 468 g/mol. The highest BCUT2D eigenvalue weighted by Gasteiger charge is 2.14. The van der Waals surface area contributed by atoms with Gasteiger partial charge in [-0.3, -0.25) is 0 Å². The van der Waals surface area contributed by atoms with Crippen LogP contribution in [0.25, 0.3) is 0 Å². The molecule has 0 unspecified atom stereocenters. The minimum atomic E-state index is -0.000174. The van der Waals surface area contributed by atoms with Crippen LogP contribution in [0.3, 0.4) is 0 Å². The van der Waals surface area contributed by atoms with Gasteiger partial charge in [0.15, 0.2) is 0 Å². The Hall–Kier alpha value is -0.440. The van der Waals surface area contributed by atoms with E-state index >= 15 is 0 Å². The van der Waals surface area contributed by atoms with Crippen molar-refractivity contribution < 1.29 is 4.42 Å². The van der Waals surface area contributed by atoms with Crippen molar-refractivity contribution in [3.8, 4) is 0 Å². The van der Waals surface area contributed by atoms with Crippen LogP contribution >= 0.6 is 47.8 Å². The molecule has 1 heterocycles. The molecule has 2 rings (SSSR count). The van der Waals surface area contributed by atoms with Gasteiger partial charge in [-0.05, 0) is 64.8 Å². The molecule has 5 nitrogen and oxygen atoms in total. The Bertz CT molecular complexity index is 614. The molecule has 1 aromatic heterocycles. The highest BCUT2D eigenvalue weighted by Crippen LogP contribution is 2.35. The minimum Gasteiger partial charge on any atom is -0.406 e. The summed E-state index contributed by atoms with van der Waals surface area (Å²) in [5.74, 6) is 0.539. The summed E-state index contributed by atoms with van der Waals surface area (Å²) in [6.07, 6.45) is 0. The molecule has 0 bridgehead atoms. The lowest BCUT2D eigenvalue weighted by Crippen LogP contribution is -2.35. The summed E-state index contributed by atoms with van der Waals surface area (Å²) < 4.78 is 8.31. The van der Waals surface area contributed by atoms with Crippen LogP contribution in [-0.2, 0) is 6.54 Å². The maximum Gasteiger partial charge on any atom is 0.320 e. The van der Waals surface area contributed by atoms with Crippen LogP contribution in [0.2, 0.25) is 0 Å². The van der Waals surface area contributed by atoms with Gasteiger partial charge in [0.2, 0.25) is 5.89 Å². The van der Waals surface area contributed by atoms with E-state index in [-0.39, 0.29) is 5.54 Å². The van der Waals surface area contributed by atoms with E-state index < -0.39 is 0 Å². The van der Waals surface area contributed by atoms with E-state index in [1.54, 1.807) is 0 Å². The van der Waals surface area contributed by atoms with Gasteiger partial charge in [-0.15, -0.1) is 5.10 Å². The van der Waals surface area contributed by atoms with Gasteiger partial charge in [-0.2, -0.15) is 0 Å². The fraction of sp³-hybridized carbons (Fsp3) is 0.385. The van der Waals surface area contributed by atoms with Gasteiger partial charge >= 0.3 is 6.01 Å². The van der Waals surface area contributed by atoms with Gasteiger partial charge in [-0.1, -0.05) is 21.0 Å². The summed E-state index contributed by atoms with van der Waals surface area (Å²) in [6, 6.07) is 4.22. The lowest BCUT2D eigenvalue weighted by molar-refractivity contribution is 0.384. The van der Waals surface area contributed by atoms with Gasteiger partial charge in [-0.25, -0.2) is 0 Å². The Morgan fingerprint density at radius 3 is 2.29 bits per heavy atom. The maximum atomic E-state index is 5.57. The third-order valence-electron chi connectivity index (χ3n) is 2.48. The number of benzene rings is 1. The minimum absolute atomic E-state index is 0.000174. The highest BCUT2D eigenvalue weighted by atomic mass is 79.9. The van der Waals surface area contributed by atoms with Crippen molar-refractivity contribution in [1.29, 1.82) is 0 Å². The molecule has 0 saturated carbocycles. The van der Waals surface area contributed by atoms with E-state index in [4.69, 9.17) is 4.42 Å². The quantitative estimate of drug-likeness (QED) is 0.643. The lowest BCUT2D eigenvalue weighted by atomic mass is 10.1. The molecule has 0 fully saturated rings. The summed E-state index contributed by atoms with van der Waals surface area (Å²) in [5.41, 5.74) is 0.831. The maximum absolute atomic E-state index is 5.57. The molecule has 21 heavy (non-hydrogen) atoms. The molecule has 2 aromatic rings. The normalized spacial score (nSPS) is 11.7. The van der Waals surface area contributed by atoms with Crippen LogP contribution in [0, 0.1) is 0 Å². The molecule has 0 saturated heterocycles. The van der Waals surface area contributed by atoms with Gasteiger partial charge in [0.05, 0.1) is 12.2 Å². The molecule has 0 radical (unpaired) electrons. The number of nitrogens with zero attached hydrogens (tertiary/aromatic N) is 2. The van der Waals surface area contributed by atoms with Crippen LogP contribution in [0.4, 0.5) is 11.7 Å². The van der Waals surface area contributed by atoms with Gasteiger partial charge in [0, 0.05) is 19.0 Å². The van der Waals surface area contributed by atoms with Crippen LogP contribution in [0.5, 0.6) is 0 Å². The predicted molar refractivity (Wildman–Crippen MR) is 93.7 cm³/mol. The standard InChI is InChI=1S/C13H15Br3N4O/c1-13(2,3)17-6-10-19-20-12(21-10)18-11-8(15)4-7(14)5-9(11)16/h4-5,17H,6H2,1-3H3,(H,18,20). The first-order valence-corrected chi connectivity index (χ1v) is 8.61. The highest BCUT2D eigenvalue weighted by molar-refractivity contribution is 9.11. The summed E-state index contributed by atoms with van der Waals surface area (Å²) in [6.45, 7) is 6.77. The van der Waals surface area contributed by atoms with E-state index in [2.05, 4.69) is 89.4 Å². The van der Waals surface area contributed by atoms with E-state index in [9.17, 15) is 0 Å². The topological polar surface area (TPSA) is 63.0 Å². The van der Waals surface area contributed by atoms with Crippen LogP contribution < -0.4 is 10.6 Å². The predicted octanol–water partition coefficient (Wildman–Crippen LogP) is 4.99. The average molecular weight is 483 g/mol. The SMILES string of the molecule is CC(C)(C)NCc1nnc(Nc2c(Br)cc(Br)cc2Br)o1. The van der Waals surface area contributed by atoms with Crippen LogP contribution in [0.1, 0.15) is 26.7 Å². The Labute approximate surface area is 148 Å². The number of hydrogen-bond donors (Lipinski definition) is 2. The Kier molecular flexibility index (Phi) is 5.45. The molecule has 1 aromatic carbocycles. The van der Waals surface area contributed by atoms with Crippen molar-refractivity contribution >= 4 is 59.5 Å². The van der Waals surface area contributed by atoms with E-state index in [0.717, 1.165) is 19.1 Å². The first kappa shape index (κ1) is 16.9. The second-order valence-electron chi connectivity index (χ2n) is 5.47. The van der Waals surface area contributed by atoms with Crippen molar-refractivity contribution in [3.05, 3.63) is 31.4 Å². The van der Waals surface area contributed by atoms with E-state index in [1.165, 1.54) is 0 Å². The van der Waals surface area contributed by atoms with E-state index in [1.807, 2.05) is 12.1 Å². The summed E-state index contributed by atoms with van der Waals surface area (Å²) >= 11 is 10.4. The smallest absolute Gasteiger partial charge is 0.320 e. The first-order chi connectivity index (χ1) is 9.74. The molecule has 2 N–H and O–H groups in total. The molecule has 8 heteroatoms. The van der Waals surface area contributed by atoms with Gasteiger partial charge in [0.1, 0.15) is 0 Å². The number of rotatable bonds is 4. The number of nitrogens with one attached hydrogen (secondary N) is 2. The Morgan fingerprint density at radius 2 is 1.71 bits per heavy atom. The number of halogens is 3. The molecule has 0 atom stereocenters. The zero-order chi connectivity index (χ0) is 15.6. The Morgan fingerprint density at radius 1 is 1.10 bits per heavy atom. The fourth-order valence-corrected chi connectivity index (χ4v) is 3.94. The number of aromatic nitrogens is 2. The summed E-state index contributed by atoms with van der Waals surface area (Å²) in [5, 5.41) is 14.4. The zero-order valence-electron chi connectivity index (χ0n) is 11.8. The van der Waals surface area contributed by atoms with Gasteiger partial charge < -0.3 is 15.1 Å². The Balaban J connectivity index is 2.10. The molecule has 114 valence electrons. The van der Waals surface area contributed by atoms with Crippen LogP contribution in [0.15, 0.2) is 30.0 Å². The van der Waals surface area contributed by atoms with Crippen molar-refractivity contribution in [2.45, 2.75) is 32.9 Å². The monoisotopic (exact) mass is 480 g/mol. The van der Waals surface area contributed by atoms with Crippen molar-refractivity contribution in [1.82, 2.24) is 15.5 Å². The molecule has 0 aliphatic carbocycles. The lowest BCUT2D eigenvalue weighted by Gasteiger charge is -2.18. The summed E-state index contributed by atoms with van der Waals surface area (Å²) in [4.78, 5) is 0. The number of hydrogen-bond acceptors (Lipinski definition) is 5. The van der Waals surface area contributed by atoms with Crippen molar-refractivity contribution in [3.63, 3.8) is 0 Å².